The molecule has 6 nitrogen and oxygen atoms in total. The van der Waals surface area contributed by atoms with Crippen molar-refractivity contribution in [2.75, 3.05) is 12.3 Å². The van der Waals surface area contributed by atoms with Gasteiger partial charge in [0.1, 0.15) is 12.4 Å². The zero-order chi connectivity index (χ0) is 18.4. The summed E-state index contributed by atoms with van der Waals surface area (Å²) in [6.07, 6.45) is 2.08. The third kappa shape index (κ3) is 4.68. The number of nitrogens with zero attached hydrogens (tertiary/aromatic N) is 2. The number of carbonyl (C=O) groups is 1. The average molecular weight is 343 g/mol. The summed E-state index contributed by atoms with van der Waals surface area (Å²) in [6, 6.07) is 7.43. The van der Waals surface area contributed by atoms with Gasteiger partial charge in [-0.15, -0.1) is 0 Å². The molecule has 0 radical (unpaired) electrons. The Hall–Kier alpha value is -2.63. The van der Waals surface area contributed by atoms with Crippen molar-refractivity contribution >= 4 is 11.7 Å². The fraction of sp³-hybridized carbons (Fsp3) is 0.421. The molecule has 2 rings (SSSR count). The van der Waals surface area contributed by atoms with Crippen LogP contribution in [0.3, 0.4) is 0 Å². The molecule has 0 amide bonds. The largest absolute Gasteiger partial charge is 0.465 e. The zero-order valence-corrected chi connectivity index (χ0v) is 15.0. The second-order valence-electron chi connectivity index (χ2n) is 5.95. The van der Waals surface area contributed by atoms with E-state index >= 15 is 0 Å². The Kier molecular flexibility index (Phi) is 6.33. The number of ether oxygens (including phenoxy) is 1. The first-order chi connectivity index (χ1) is 12.0. The van der Waals surface area contributed by atoms with Gasteiger partial charge < -0.3 is 10.5 Å². The highest BCUT2D eigenvalue weighted by Gasteiger charge is 2.17. The van der Waals surface area contributed by atoms with E-state index in [1.165, 1.54) is 4.57 Å². The van der Waals surface area contributed by atoms with Crippen molar-refractivity contribution in [3.63, 3.8) is 0 Å². The lowest BCUT2D eigenvalue weighted by atomic mass is 10.0. The van der Waals surface area contributed by atoms with E-state index in [2.05, 4.69) is 4.98 Å². The van der Waals surface area contributed by atoms with Crippen LogP contribution >= 0.6 is 0 Å². The van der Waals surface area contributed by atoms with Crippen LogP contribution in [0.2, 0.25) is 0 Å². The highest BCUT2D eigenvalue weighted by atomic mass is 16.5. The van der Waals surface area contributed by atoms with Gasteiger partial charge in [-0.1, -0.05) is 25.5 Å². The van der Waals surface area contributed by atoms with E-state index in [1.807, 2.05) is 31.2 Å². The van der Waals surface area contributed by atoms with E-state index in [1.54, 1.807) is 13.8 Å². The Labute approximate surface area is 147 Å². The van der Waals surface area contributed by atoms with Crippen LogP contribution < -0.4 is 11.3 Å². The molecule has 0 aliphatic carbocycles. The van der Waals surface area contributed by atoms with E-state index in [0.29, 0.717) is 23.5 Å². The van der Waals surface area contributed by atoms with Crippen molar-refractivity contribution in [3.05, 3.63) is 57.3 Å². The lowest BCUT2D eigenvalue weighted by Gasteiger charge is -2.15. The van der Waals surface area contributed by atoms with Crippen LogP contribution in [0.4, 0.5) is 5.69 Å². The maximum Gasteiger partial charge on any atom is 0.326 e. The summed E-state index contributed by atoms with van der Waals surface area (Å²) in [5.41, 5.74) is 8.63. The zero-order valence-electron chi connectivity index (χ0n) is 15.0. The molecule has 0 unspecified atom stereocenters. The Bertz CT molecular complexity index is 795. The normalized spacial score (nSPS) is 10.7. The summed E-state index contributed by atoms with van der Waals surface area (Å²) in [7, 11) is 0. The number of nitrogens with two attached hydrogens (primary N) is 1. The molecule has 2 N–H and O–H groups in total. The Balaban J connectivity index is 2.45. The van der Waals surface area contributed by atoms with Gasteiger partial charge in [0.15, 0.2) is 0 Å². The Morgan fingerprint density at radius 1 is 1.24 bits per heavy atom. The standard InChI is InChI=1S/C19H25N3O3/c1-4-6-17-16(11-14-7-9-15(20)10-8-14)19(24)22(13(3)21-17)12-18(23)25-5-2/h7-10H,4-6,11-12,20H2,1-3H3. The summed E-state index contributed by atoms with van der Waals surface area (Å²) in [4.78, 5) is 29.4. The molecule has 0 aliphatic rings. The molecule has 0 fully saturated rings. The van der Waals surface area contributed by atoms with Crippen molar-refractivity contribution in [3.8, 4) is 0 Å². The predicted octanol–water partition coefficient (Wildman–Crippen LogP) is 2.24. The third-order valence-corrected chi connectivity index (χ3v) is 3.98. The third-order valence-electron chi connectivity index (χ3n) is 3.98. The molecular weight excluding hydrogens is 318 g/mol. The molecule has 1 heterocycles. The molecule has 1 aromatic heterocycles. The highest BCUT2D eigenvalue weighted by Crippen LogP contribution is 2.14. The van der Waals surface area contributed by atoms with Gasteiger partial charge in [0.2, 0.25) is 0 Å². The second-order valence-corrected chi connectivity index (χ2v) is 5.95. The molecule has 2 aromatic rings. The minimum absolute atomic E-state index is 0.118. The average Bonchev–Trinajstić information content (AvgIpc) is 2.57. The number of nitrogen functional groups attached to an aromatic ring is 1. The van der Waals surface area contributed by atoms with E-state index in [4.69, 9.17) is 10.5 Å². The molecule has 6 heteroatoms. The van der Waals surface area contributed by atoms with Gasteiger partial charge in [0.05, 0.1) is 12.3 Å². The first-order valence-corrected chi connectivity index (χ1v) is 8.55. The first kappa shape index (κ1) is 18.7. The van der Waals surface area contributed by atoms with E-state index in [0.717, 1.165) is 24.1 Å². The highest BCUT2D eigenvalue weighted by molar-refractivity contribution is 5.69. The summed E-state index contributed by atoms with van der Waals surface area (Å²) in [5.74, 6) is 0.0961. The molecule has 0 atom stereocenters. The van der Waals surface area contributed by atoms with Gasteiger partial charge in [-0.25, -0.2) is 4.98 Å². The minimum Gasteiger partial charge on any atom is -0.465 e. The van der Waals surface area contributed by atoms with Crippen LogP contribution in [-0.4, -0.2) is 22.1 Å². The van der Waals surface area contributed by atoms with Crippen molar-refractivity contribution in [1.82, 2.24) is 9.55 Å². The van der Waals surface area contributed by atoms with E-state index in [-0.39, 0.29) is 18.7 Å². The first-order valence-electron chi connectivity index (χ1n) is 8.55. The topological polar surface area (TPSA) is 87.2 Å². The smallest absolute Gasteiger partial charge is 0.326 e. The predicted molar refractivity (Wildman–Crippen MR) is 97.5 cm³/mol. The van der Waals surface area contributed by atoms with Gasteiger partial charge >= 0.3 is 5.97 Å². The van der Waals surface area contributed by atoms with Crippen LogP contribution in [-0.2, 0) is 28.9 Å². The maximum atomic E-state index is 13.0. The SMILES string of the molecule is CCCc1nc(C)n(CC(=O)OCC)c(=O)c1Cc1ccc(N)cc1. The van der Waals surface area contributed by atoms with E-state index in [9.17, 15) is 9.59 Å². The summed E-state index contributed by atoms with van der Waals surface area (Å²) in [6.45, 7) is 5.70. The van der Waals surface area contributed by atoms with E-state index < -0.39 is 5.97 Å². The van der Waals surface area contributed by atoms with Crippen molar-refractivity contribution < 1.29 is 9.53 Å². The maximum absolute atomic E-state index is 13.0. The van der Waals surface area contributed by atoms with Gasteiger partial charge in [0, 0.05) is 17.7 Å². The molecule has 1 aromatic carbocycles. The quantitative estimate of drug-likeness (QED) is 0.615. The number of esters is 1. The van der Waals surface area contributed by atoms with Crippen LogP contribution in [0, 0.1) is 6.92 Å². The molecular formula is C19H25N3O3. The number of aryl methyl sites for hydroxylation is 2. The Morgan fingerprint density at radius 2 is 1.92 bits per heavy atom. The Morgan fingerprint density at radius 3 is 2.52 bits per heavy atom. The molecule has 25 heavy (non-hydrogen) atoms. The van der Waals surface area contributed by atoms with Crippen LogP contribution in [0.15, 0.2) is 29.1 Å². The van der Waals surface area contributed by atoms with Crippen molar-refractivity contribution in [2.45, 2.75) is 46.6 Å². The molecule has 0 saturated heterocycles. The summed E-state index contributed by atoms with van der Waals surface area (Å²) < 4.78 is 6.36. The van der Waals surface area contributed by atoms with Gasteiger partial charge in [-0.2, -0.15) is 0 Å². The summed E-state index contributed by atoms with van der Waals surface area (Å²) in [5, 5.41) is 0. The fourth-order valence-electron chi connectivity index (χ4n) is 2.74. The molecule has 0 aliphatic heterocycles. The van der Waals surface area contributed by atoms with Crippen molar-refractivity contribution in [2.24, 2.45) is 0 Å². The van der Waals surface area contributed by atoms with Crippen molar-refractivity contribution in [1.29, 1.82) is 0 Å². The fourth-order valence-corrected chi connectivity index (χ4v) is 2.74. The van der Waals surface area contributed by atoms with Crippen LogP contribution in [0.1, 0.15) is 42.9 Å². The monoisotopic (exact) mass is 343 g/mol. The molecule has 0 spiro atoms. The number of anilines is 1. The van der Waals surface area contributed by atoms with Gasteiger partial charge in [-0.3, -0.25) is 14.2 Å². The number of rotatable bonds is 7. The molecule has 0 bridgehead atoms. The second kappa shape index (κ2) is 8.46. The lowest BCUT2D eigenvalue weighted by molar-refractivity contribution is -0.143. The number of benzene rings is 1. The minimum atomic E-state index is -0.434. The van der Waals surface area contributed by atoms with Crippen LogP contribution in [0.5, 0.6) is 0 Å². The van der Waals surface area contributed by atoms with Crippen LogP contribution in [0.25, 0.3) is 0 Å². The lowest BCUT2D eigenvalue weighted by Crippen LogP contribution is -2.32. The number of carbonyl (C=O) groups excluding carboxylic acids is 1. The molecule has 134 valence electrons. The number of hydrogen-bond acceptors (Lipinski definition) is 5. The van der Waals surface area contributed by atoms with Gasteiger partial charge in [-0.05, 0) is 38.0 Å². The molecule has 0 saturated carbocycles. The summed E-state index contributed by atoms with van der Waals surface area (Å²) >= 11 is 0. The number of aromatic nitrogens is 2. The van der Waals surface area contributed by atoms with Gasteiger partial charge in [0.25, 0.3) is 5.56 Å². The number of hydrogen-bond donors (Lipinski definition) is 1.